The average molecular weight is 216 g/mol. The summed E-state index contributed by atoms with van der Waals surface area (Å²) in [5.74, 6) is 0.480. The Kier molecular flexibility index (Phi) is 2.91. The van der Waals surface area contributed by atoms with Crippen molar-refractivity contribution in [3.05, 3.63) is 48.8 Å². The number of carbonyl (C=O) groups is 1. The van der Waals surface area contributed by atoms with E-state index in [0.717, 1.165) is 0 Å². The summed E-state index contributed by atoms with van der Waals surface area (Å²) < 4.78 is 6.80. The van der Waals surface area contributed by atoms with Crippen molar-refractivity contribution < 1.29 is 9.53 Å². The second-order valence-corrected chi connectivity index (χ2v) is 3.35. The standard InChI is InChI=1S/C12H12N2O2/c13-10-4-3-5-11(8-10)16-9-12(15)14-6-1-2-7-14/h1-8H,9,13H2. The molecule has 2 N–H and O–H groups in total. The van der Waals surface area contributed by atoms with Gasteiger partial charge in [-0.1, -0.05) is 6.07 Å². The molecule has 0 saturated carbocycles. The molecule has 1 aromatic heterocycles. The topological polar surface area (TPSA) is 57.2 Å². The second kappa shape index (κ2) is 4.53. The highest BCUT2D eigenvalue weighted by Crippen LogP contribution is 2.14. The van der Waals surface area contributed by atoms with Crippen LogP contribution in [0.2, 0.25) is 0 Å². The van der Waals surface area contributed by atoms with Gasteiger partial charge in [0.05, 0.1) is 0 Å². The molecule has 1 aromatic carbocycles. The van der Waals surface area contributed by atoms with Crippen LogP contribution < -0.4 is 10.5 Å². The lowest BCUT2D eigenvalue weighted by Gasteiger charge is -2.06. The van der Waals surface area contributed by atoms with Crippen LogP contribution in [-0.2, 0) is 0 Å². The van der Waals surface area contributed by atoms with Crippen LogP contribution in [0.1, 0.15) is 4.79 Å². The number of benzene rings is 1. The van der Waals surface area contributed by atoms with E-state index in [0.29, 0.717) is 11.4 Å². The summed E-state index contributed by atoms with van der Waals surface area (Å²) in [6, 6.07) is 10.6. The molecule has 0 aliphatic heterocycles. The van der Waals surface area contributed by atoms with Crippen LogP contribution in [0.15, 0.2) is 48.8 Å². The fourth-order valence-corrected chi connectivity index (χ4v) is 1.32. The first-order chi connectivity index (χ1) is 7.75. The van der Waals surface area contributed by atoms with E-state index < -0.39 is 0 Å². The summed E-state index contributed by atoms with van der Waals surface area (Å²) in [6.45, 7) is -0.00185. The van der Waals surface area contributed by atoms with Gasteiger partial charge in [0.1, 0.15) is 5.75 Å². The number of anilines is 1. The Labute approximate surface area is 93.3 Å². The van der Waals surface area contributed by atoms with E-state index in [-0.39, 0.29) is 12.5 Å². The zero-order valence-electron chi connectivity index (χ0n) is 8.67. The number of ether oxygens (including phenoxy) is 1. The molecule has 82 valence electrons. The smallest absolute Gasteiger partial charge is 0.268 e. The monoisotopic (exact) mass is 216 g/mol. The Bertz CT molecular complexity index is 478. The van der Waals surface area contributed by atoms with Crippen molar-refractivity contribution >= 4 is 11.6 Å². The van der Waals surface area contributed by atoms with Crippen molar-refractivity contribution in [1.29, 1.82) is 0 Å². The first-order valence-corrected chi connectivity index (χ1v) is 4.90. The number of nitrogens with two attached hydrogens (primary N) is 1. The van der Waals surface area contributed by atoms with Crippen LogP contribution in [0.5, 0.6) is 5.75 Å². The number of nitrogens with zero attached hydrogens (tertiary/aromatic N) is 1. The van der Waals surface area contributed by atoms with E-state index in [2.05, 4.69) is 0 Å². The highest BCUT2D eigenvalue weighted by Gasteiger charge is 2.04. The van der Waals surface area contributed by atoms with Gasteiger partial charge in [-0.2, -0.15) is 0 Å². The molecule has 0 radical (unpaired) electrons. The molecule has 4 nitrogen and oxygen atoms in total. The Hall–Kier alpha value is -2.23. The summed E-state index contributed by atoms with van der Waals surface area (Å²) in [5, 5.41) is 0. The van der Waals surface area contributed by atoms with Crippen molar-refractivity contribution in [2.24, 2.45) is 0 Å². The van der Waals surface area contributed by atoms with Gasteiger partial charge < -0.3 is 10.5 Å². The normalized spacial score (nSPS) is 10.0. The third-order valence-electron chi connectivity index (χ3n) is 2.11. The van der Waals surface area contributed by atoms with Crippen LogP contribution in [0.25, 0.3) is 0 Å². The molecule has 0 bridgehead atoms. The van der Waals surface area contributed by atoms with Gasteiger partial charge in [-0.05, 0) is 24.3 Å². The van der Waals surface area contributed by atoms with Gasteiger partial charge in [0, 0.05) is 24.1 Å². The molecule has 16 heavy (non-hydrogen) atoms. The highest BCUT2D eigenvalue weighted by atomic mass is 16.5. The zero-order valence-corrected chi connectivity index (χ0v) is 8.67. The minimum absolute atomic E-state index is 0.00185. The van der Waals surface area contributed by atoms with Crippen molar-refractivity contribution in [1.82, 2.24) is 4.57 Å². The third kappa shape index (κ3) is 2.42. The summed E-state index contributed by atoms with van der Waals surface area (Å²) >= 11 is 0. The lowest BCUT2D eigenvalue weighted by atomic mass is 10.3. The molecular weight excluding hydrogens is 204 g/mol. The van der Waals surface area contributed by atoms with Crippen molar-refractivity contribution in [3.8, 4) is 5.75 Å². The van der Waals surface area contributed by atoms with E-state index in [4.69, 9.17) is 10.5 Å². The van der Waals surface area contributed by atoms with Gasteiger partial charge in [-0.15, -0.1) is 0 Å². The number of hydrogen-bond acceptors (Lipinski definition) is 3. The van der Waals surface area contributed by atoms with Crippen LogP contribution in [0, 0.1) is 0 Å². The Morgan fingerprint density at radius 1 is 1.25 bits per heavy atom. The molecular formula is C12H12N2O2. The fraction of sp³-hybridized carbons (Fsp3) is 0.0833. The number of carbonyl (C=O) groups excluding carboxylic acids is 1. The molecule has 1 heterocycles. The summed E-state index contributed by atoms with van der Waals surface area (Å²) in [6.07, 6.45) is 3.37. The summed E-state index contributed by atoms with van der Waals surface area (Å²) in [7, 11) is 0. The molecule has 0 spiro atoms. The molecule has 0 aliphatic rings. The molecule has 0 unspecified atom stereocenters. The van der Waals surface area contributed by atoms with Crippen molar-refractivity contribution in [3.63, 3.8) is 0 Å². The number of rotatable bonds is 3. The van der Waals surface area contributed by atoms with Crippen LogP contribution >= 0.6 is 0 Å². The number of nitrogen functional groups attached to an aromatic ring is 1. The largest absolute Gasteiger partial charge is 0.484 e. The maximum atomic E-state index is 11.6. The maximum absolute atomic E-state index is 11.6. The molecule has 2 rings (SSSR count). The second-order valence-electron chi connectivity index (χ2n) is 3.35. The van der Waals surface area contributed by atoms with E-state index >= 15 is 0 Å². The SMILES string of the molecule is Nc1cccc(OCC(=O)n2cccc2)c1. The van der Waals surface area contributed by atoms with E-state index in [1.54, 1.807) is 48.8 Å². The highest BCUT2D eigenvalue weighted by molar-refractivity contribution is 5.80. The van der Waals surface area contributed by atoms with Gasteiger partial charge in [0.2, 0.25) is 0 Å². The van der Waals surface area contributed by atoms with Gasteiger partial charge in [0.25, 0.3) is 5.91 Å². The molecule has 4 heteroatoms. The molecule has 0 saturated heterocycles. The van der Waals surface area contributed by atoms with Gasteiger partial charge in [-0.3, -0.25) is 9.36 Å². The first kappa shape index (κ1) is 10.3. The van der Waals surface area contributed by atoms with Crippen LogP contribution in [0.4, 0.5) is 5.69 Å². The molecule has 0 atom stereocenters. The van der Waals surface area contributed by atoms with E-state index in [9.17, 15) is 4.79 Å². The first-order valence-electron chi connectivity index (χ1n) is 4.90. The van der Waals surface area contributed by atoms with Crippen LogP contribution in [0.3, 0.4) is 0 Å². The third-order valence-corrected chi connectivity index (χ3v) is 2.11. The predicted molar refractivity (Wildman–Crippen MR) is 61.4 cm³/mol. The summed E-state index contributed by atoms with van der Waals surface area (Å²) in [4.78, 5) is 11.6. The molecule has 0 aliphatic carbocycles. The van der Waals surface area contributed by atoms with E-state index in [1.165, 1.54) is 4.57 Å². The Morgan fingerprint density at radius 2 is 2.00 bits per heavy atom. The quantitative estimate of drug-likeness (QED) is 0.796. The van der Waals surface area contributed by atoms with Gasteiger partial charge >= 0.3 is 0 Å². The van der Waals surface area contributed by atoms with E-state index in [1.807, 2.05) is 0 Å². The summed E-state index contributed by atoms with van der Waals surface area (Å²) in [5.41, 5.74) is 6.21. The average Bonchev–Trinajstić information content (AvgIpc) is 2.79. The van der Waals surface area contributed by atoms with Crippen LogP contribution in [-0.4, -0.2) is 17.1 Å². The minimum atomic E-state index is -0.118. The zero-order chi connectivity index (χ0) is 11.4. The fourth-order valence-electron chi connectivity index (χ4n) is 1.32. The van der Waals surface area contributed by atoms with Crippen molar-refractivity contribution in [2.75, 3.05) is 12.3 Å². The Morgan fingerprint density at radius 3 is 2.69 bits per heavy atom. The Balaban J connectivity index is 1.95. The predicted octanol–water partition coefficient (Wildman–Crippen LogP) is 1.79. The minimum Gasteiger partial charge on any atom is -0.484 e. The number of aromatic nitrogens is 1. The van der Waals surface area contributed by atoms with Crippen molar-refractivity contribution in [2.45, 2.75) is 0 Å². The van der Waals surface area contributed by atoms with Gasteiger partial charge in [0.15, 0.2) is 6.61 Å². The lowest BCUT2D eigenvalue weighted by Crippen LogP contribution is -2.17. The molecule has 2 aromatic rings. The molecule has 0 amide bonds. The van der Waals surface area contributed by atoms with Gasteiger partial charge in [-0.25, -0.2) is 0 Å². The number of hydrogen-bond donors (Lipinski definition) is 1. The maximum Gasteiger partial charge on any atom is 0.268 e. The molecule has 0 fully saturated rings. The lowest BCUT2D eigenvalue weighted by molar-refractivity contribution is 0.0838.